The van der Waals surface area contributed by atoms with Gasteiger partial charge in [0.15, 0.2) is 5.82 Å². The van der Waals surface area contributed by atoms with Gasteiger partial charge in [-0.3, -0.25) is 9.48 Å². The number of amides is 1. The molecule has 0 bridgehead atoms. The van der Waals surface area contributed by atoms with Crippen molar-refractivity contribution in [3.05, 3.63) is 53.4 Å². The molecule has 5 rings (SSSR count). The number of pyridine rings is 1. The number of halogens is 1. The predicted molar refractivity (Wildman–Crippen MR) is 136 cm³/mol. The van der Waals surface area contributed by atoms with Crippen LogP contribution in [0.3, 0.4) is 0 Å². The Morgan fingerprint density at radius 2 is 2.03 bits per heavy atom. The Bertz CT molecular complexity index is 1310. The minimum atomic E-state index is -0.539. The predicted octanol–water partition coefficient (Wildman–Crippen LogP) is 3.91. The second-order valence-electron chi connectivity index (χ2n) is 9.38. The third kappa shape index (κ3) is 4.90. The first-order valence-corrected chi connectivity index (χ1v) is 13.0. The van der Waals surface area contributed by atoms with Crippen LogP contribution in [0.2, 0.25) is 0 Å². The van der Waals surface area contributed by atoms with Crippen molar-refractivity contribution in [2.45, 2.75) is 52.0 Å². The maximum atomic E-state index is 14.5. The van der Waals surface area contributed by atoms with E-state index in [0.29, 0.717) is 31.7 Å². The number of hydrogen-bond acceptors (Lipinski definition) is 6. The standard InChI is InChI=1S/C27H33FN6O3/c1-4-6-23(18-7-10-32(5-2)25(35)13-18)33-17-19(15-30-33)26-21-8-11-37-12-9-24(21)34(31-26)20-14-22(28)27(36-3)29-16-20/h13-17,23H,4-12H2,1-3H3. The van der Waals surface area contributed by atoms with Crippen LogP contribution in [0.1, 0.15) is 50.4 Å². The molecule has 196 valence electrons. The van der Waals surface area contributed by atoms with Crippen molar-refractivity contribution in [1.82, 2.24) is 29.4 Å². The average molecular weight is 509 g/mol. The van der Waals surface area contributed by atoms with Crippen LogP contribution in [0, 0.1) is 5.82 Å². The number of carbonyl (C=O) groups is 1. The highest BCUT2D eigenvalue weighted by Gasteiger charge is 2.27. The van der Waals surface area contributed by atoms with Crippen LogP contribution in [-0.2, 0) is 22.4 Å². The van der Waals surface area contributed by atoms with Crippen molar-refractivity contribution in [3.8, 4) is 22.8 Å². The Morgan fingerprint density at radius 3 is 2.76 bits per heavy atom. The third-order valence-electron chi connectivity index (χ3n) is 7.16. The van der Waals surface area contributed by atoms with Gasteiger partial charge in [0.2, 0.25) is 11.8 Å². The van der Waals surface area contributed by atoms with Gasteiger partial charge in [0.25, 0.3) is 0 Å². The summed E-state index contributed by atoms with van der Waals surface area (Å²) < 4.78 is 28.9. The number of ether oxygens (including phenoxy) is 2. The van der Waals surface area contributed by atoms with E-state index in [2.05, 4.69) is 11.9 Å². The lowest BCUT2D eigenvalue weighted by molar-refractivity contribution is -0.126. The molecule has 3 aromatic heterocycles. The van der Waals surface area contributed by atoms with E-state index in [9.17, 15) is 9.18 Å². The fourth-order valence-electron chi connectivity index (χ4n) is 5.24. The molecule has 0 saturated heterocycles. The summed E-state index contributed by atoms with van der Waals surface area (Å²) in [5.41, 5.74) is 5.40. The first kappa shape index (κ1) is 25.1. The molecular weight excluding hydrogens is 475 g/mol. The van der Waals surface area contributed by atoms with E-state index < -0.39 is 5.82 Å². The fraction of sp³-hybridized carbons (Fsp3) is 0.481. The SMILES string of the molecule is CCCC(C1=CC(=O)N(CC)CC1)n1cc(-c2nn(-c3cnc(OC)c(F)c3)c3c2CCOCC3)cn1. The van der Waals surface area contributed by atoms with Gasteiger partial charge in [-0.25, -0.2) is 14.1 Å². The zero-order chi connectivity index (χ0) is 25.9. The molecule has 0 aliphatic carbocycles. The monoisotopic (exact) mass is 508 g/mol. The molecule has 1 amide bonds. The molecule has 1 atom stereocenters. The molecule has 10 heteroatoms. The van der Waals surface area contributed by atoms with Crippen molar-refractivity contribution >= 4 is 5.91 Å². The molecule has 0 fully saturated rings. The van der Waals surface area contributed by atoms with Crippen LogP contribution in [0.5, 0.6) is 5.88 Å². The normalized spacial score (nSPS) is 16.8. The maximum Gasteiger partial charge on any atom is 0.250 e. The fourth-order valence-corrected chi connectivity index (χ4v) is 5.24. The number of aromatic nitrogens is 5. The van der Waals surface area contributed by atoms with Crippen LogP contribution >= 0.6 is 0 Å². The van der Waals surface area contributed by atoms with Gasteiger partial charge in [0.05, 0.1) is 55.8 Å². The summed E-state index contributed by atoms with van der Waals surface area (Å²) in [5, 5.41) is 9.64. The molecule has 3 aromatic rings. The van der Waals surface area contributed by atoms with E-state index in [1.54, 1.807) is 17.0 Å². The van der Waals surface area contributed by atoms with E-state index in [-0.39, 0.29) is 17.8 Å². The summed E-state index contributed by atoms with van der Waals surface area (Å²) >= 11 is 0. The molecule has 1 unspecified atom stereocenters. The summed E-state index contributed by atoms with van der Waals surface area (Å²) in [6, 6.07) is 1.41. The van der Waals surface area contributed by atoms with Crippen molar-refractivity contribution in [2.75, 3.05) is 33.4 Å². The lowest BCUT2D eigenvalue weighted by Crippen LogP contribution is -2.35. The summed E-state index contributed by atoms with van der Waals surface area (Å²) in [5.74, 6) is -0.518. The zero-order valence-electron chi connectivity index (χ0n) is 21.6. The molecule has 37 heavy (non-hydrogen) atoms. The second-order valence-corrected chi connectivity index (χ2v) is 9.38. The van der Waals surface area contributed by atoms with Gasteiger partial charge in [-0.2, -0.15) is 10.2 Å². The number of carbonyl (C=O) groups excluding carboxylic acids is 1. The van der Waals surface area contributed by atoms with Crippen LogP contribution in [0.15, 0.2) is 36.3 Å². The Labute approximate surface area is 215 Å². The lowest BCUT2D eigenvalue weighted by Gasteiger charge is -2.29. The van der Waals surface area contributed by atoms with Gasteiger partial charge >= 0.3 is 0 Å². The first-order chi connectivity index (χ1) is 18.0. The quantitative estimate of drug-likeness (QED) is 0.459. The van der Waals surface area contributed by atoms with E-state index in [1.165, 1.54) is 13.2 Å². The summed E-state index contributed by atoms with van der Waals surface area (Å²) in [7, 11) is 1.39. The smallest absolute Gasteiger partial charge is 0.250 e. The van der Waals surface area contributed by atoms with E-state index in [1.807, 2.05) is 28.9 Å². The minimum absolute atomic E-state index is 0.0191. The molecular formula is C27H33FN6O3. The van der Waals surface area contributed by atoms with Crippen LogP contribution in [-0.4, -0.2) is 68.8 Å². The molecule has 2 aliphatic rings. The minimum Gasteiger partial charge on any atom is -0.479 e. The average Bonchev–Trinajstić information content (AvgIpc) is 3.44. The highest BCUT2D eigenvalue weighted by molar-refractivity contribution is 5.89. The molecule has 5 heterocycles. The van der Waals surface area contributed by atoms with Gasteiger partial charge in [0, 0.05) is 49.0 Å². The Hall–Kier alpha value is -3.53. The largest absolute Gasteiger partial charge is 0.479 e. The van der Waals surface area contributed by atoms with Crippen LogP contribution in [0.4, 0.5) is 4.39 Å². The van der Waals surface area contributed by atoms with Crippen LogP contribution < -0.4 is 4.74 Å². The lowest BCUT2D eigenvalue weighted by atomic mass is 9.96. The number of rotatable bonds is 8. The van der Waals surface area contributed by atoms with Crippen molar-refractivity contribution < 1.29 is 18.7 Å². The molecule has 0 spiro atoms. The van der Waals surface area contributed by atoms with E-state index >= 15 is 0 Å². The molecule has 0 aromatic carbocycles. The van der Waals surface area contributed by atoms with E-state index in [4.69, 9.17) is 19.7 Å². The Morgan fingerprint density at radius 1 is 1.19 bits per heavy atom. The maximum absolute atomic E-state index is 14.5. The molecule has 2 aliphatic heterocycles. The summed E-state index contributed by atoms with van der Waals surface area (Å²) in [6.07, 6.45) is 11.3. The molecule has 0 saturated carbocycles. The van der Waals surface area contributed by atoms with Crippen molar-refractivity contribution in [3.63, 3.8) is 0 Å². The van der Waals surface area contributed by atoms with Crippen LogP contribution in [0.25, 0.3) is 16.9 Å². The topological polar surface area (TPSA) is 87.3 Å². The number of methoxy groups -OCH3 is 1. The second kappa shape index (κ2) is 10.8. The van der Waals surface area contributed by atoms with Crippen molar-refractivity contribution in [1.29, 1.82) is 0 Å². The molecule has 0 radical (unpaired) electrons. The van der Waals surface area contributed by atoms with Gasteiger partial charge in [-0.05, 0) is 31.8 Å². The Kier molecular flexibility index (Phi) is 7.36. The van der Waals surface area contributed by atoms with Gasteiger partial charge in [-0.1, -0.05) is 13.3 Å². The summed E-state index contributed by atoms with van der Waals surface area (Å²) in [4.78, 5) is 18.5. The number of fused-ring (bicyclic) bond motifs is 1. The first-order valence-electron chi connectivity index (χ1n) is 13.0. The van der Waals surface area contributed by atoms with Gasteiger partial charge < -0.3 is 14.4 Å². The third-order valence-corrected chi connectivity index (χ3v) is 7.16. The van der Waals surface area contributed by atoms with Gasteiger partial charge in [-0.15, -0.1) is 0 Å². The zero-order valence-corrected chi connectivity index (χ0v) is 21.6. The molecule has 9 nitrogen and oxygen atoms in total. The van der Waals surface area contributed by atoms with Crippen molar-refractivity contribution in [2.24, 2.45) is 0 Å². The summed E-state index contributed by atoms with van der Waals surface area (Å²) in [6.45, 7) is 6.77. The number of hydrogen-bond donors (Lipinski definition) is 0. The van der Waals surface area contributed by atoms with E-state index in [0.717, 1.165) is 60.4 Å². The number of nitrogens with zero attached hydrogens (tertiary/aromatic N) is 6. The number of likely N-dealkylation sites (N-methyl/N-ethyl adjacent to an activating group) is 1. The highest BCUT2D eigenvalue weighted by atomic mass is 19.1. The van der Waals surface area contributed by atoms with Gasteiger partial charge in [0.1, 0.15) is 0 Å². The Balaban J connectivity index is 1.53. The highest BCUT2D eigenvalue weighted by Crippen LogP contribution is 2.33. The molecule has 0 N–H and O–H groups in total.